The van der Waals surface area contributed by atoms with Gasteiger partial charge >= 0.3 is 0 Å². The van der Waals surface area contributed by atoms with Gasteiger partial charge in [0.1, 0.15) is 0 Å². The van der Waals surface area contributed by atoms with E-state index in [0.717, 1.165) is 12.8 Å². The first-order valence-corrected chi connectivity index (χ1v) is 4.46. The van der Waals surface area contributed by atoms with Gasteiger partial charge in [-0.25, -0.2) is 0 Å². The first-order chi connectivity index (χ1) is 5.72. The topological polar surface area (TPSA) is 35.5 Å². The van der Waals surface area contributed by atoms with Gasteiger partial charge in [0, 0.05) is 13.2 Å². The van der Waals surface area contributed by atoms with Crippen LogP contribution in [0.5, 0.6) is 0 Å². The smallest absolute Gasteiger partial charge is 0.217 e. The standard InChI is InChI=1S/C9H18O3/c1-4-6-11-9(8(3)10)12-7-5-2/h9H,4-7H2,1-3H3. The maximum Gasteiger partial charge on any atom is 0.217 e. The number of Topliss-reactive ketones (excluding diaryl/α,β-unsaturated/α-hetero) is 1. The van der Waals surface area contributed by atoms with Crippen LogP contribution in [-0.4, -0.2) is 25.3 Å². The Labute approximate surface area is 74.0 Å². The summed E-state index contributed by atoms with van der Waals surface area (Å²) >= 11 is 0. The summed E-state index contributed by atoms with van der Waals surface area (Å²) in [6, 6.07) is 0. The van der Waals surface area contributed by atoms with E-state index in [9.17, 15) is 4.79 Å². The molecular weight excluding hydrogens is 156 g/mol. The molecule has 0 aliphatic rings. The van der Waals surface area contributed by atoms with E-state index in [0.29, 0.717) is 13.2 Å². The second kappa shape index (κ2) is 7.25. The number of hydrogen-bond donors (Lipinski definition) is 0. The summed E-state index contributed by atoms with van der Waals surface area (Å²) in [5, 5.41) is 0. The maximum absolute atomic E-state index is 10.9. The zero-order chi connectivity index (χ0) is 9.40. The number of carbonyl (C=O) groups excluding carboxylic acids is 1. The summed E-state index contributed by atoms with van der Waals surface area (Å²) < 4.78 is 10.4. The van der Waals surface area contributed by atoms with Gasteiger partial charge in [-0.3, -0.25) is 4.79 Å². The fraction of sp³-hybridized carbons (Fsp3) is 0.889. The third-order valence-electron chi connectivity index (χ3n) is 1.28. The van der Waals surface area contributed by atoms with E-state index in [1.807, 2.05) is 13.8 Å². The Morgan fingerprint density at radius 1 is 1.17 bits per heavy atom. The first kappa shape index (κ1) is 11.6. The zero-order valence-corrected chi connectivity index (χ0v) is 8.13. The molecule has 0 aromatic heterocycles. The lowest BCUT2D eigenvalue weighted by molar-refractivity contribution is -0.168. The van der Waals surface area contributed by atoms with Gasteiger partial charge in [0.05, 0.1) is 0 Å². The second-order valence-corrected chi connectivity index (χ2v) is 2.68. The van der Waals surface area contributed by atoms with Crippen molar-refractivity contribution in [2.24, 2.45) is 0 Å². The molecule has 0 aliphatic carbocycles. The number of hydrogen-bond acceptors (Lipinski definition) is 3. The summed E-state index contributed by atoms with van der Waals surface area (Å²) in [4.78, 5) is 10.9. The highest BCUT2D eigenvalue weighted by Crippen LogP contribution is 1.98. The summed E-state index contributed by atoms with van der Waals surface area (Å²) in [5.41, 5.74) is 0. The number of ether oxygens (including phenoxy) is 2. The van der Waals surface area contributed by atoms with Gasteiger partial charge in [0.2, 0.25) is 6.29 Å². The van der Waals surface area contributed by atoms with Gasteiger partial charge in [-0.05, 0) is 19.8 Å². The van der Waals surface area contributed by atoms with E-state index in [1.165, 1.54) is 6.92 Å². The van der Waals surface area contributed by atoms with E-state index in [4.69, 9.17) is 9.47 Å². The summed E-state index contributed by atoms with van der Waals surface area (Å²) in [6.07, 6.45) is 1.16. The molecule has 0 unspecified atom stereocenters. The molecule has 0 saturated carbocycles. The van der Waals surface area contributed by atoms with Crippen LogP contribution in [0.4, 0.5) is 0 Å². The molecule has 0 N–H and O–H groups in total. The average molecular weight is 174 g/mol. The Bertz CT molecular complexity index is 115. The van der Waals surface area contributed by atoms with Crippen molar-refractivity contribution in [1.29, 1.82) is 0 Å². The van der Waals surface area contributed by atoms with Crippen molar-refractivity contribution in [3.05, 3.63) is 0 Å². The summed E-state index contributed by atoms with van der Waals surface area (Å²) in [6.45, 7) is 6.63. The quantitative estimate of drug-likeness (QED) is 0.552. The number of rotatable bonds is 7. The lowest BCUT2D eigenvalue weighted by Crippen LogP contribution is -2.26. The SMILES string of the molecule is CCCOC(OCCC)C(C)=O. The predicted octanol–water partition coefficient (Wildman–Crippen LogP) is 1.75. The number of carbonyl (C=O) groups is 1. The van der Waals surface area contributed by atoms with Crippen molar-refractivity contribution in [2.45, 2.75) is 39.9 Å². The van der Waals surface area contributed by atoms with Crippen molar-refractivity contribution in [3.63, 3.8) is 0 Å². The Morgan fingerprint density at radius 2 is 1.58 bits per heavy atom. The molecule has 3 heteroatoms. The Balaban J connectivity index is 3.62. The summed E-state index contributed by atoms with van der Waals surface area (Å²) in [7, 11) is 0. The monoisotopic (exact) mass is 174 g/mol. The van der Waals surface area contributed by atoms with Crippen molar-refractivity contribution >= 4 is 5.78 Å². The molecule has 0 aliphatic heterocycles. The minimum Gasteiger partial charge on any atom is -0.346 e. The normalized spacial score (nSPS) is 10.7. The number of ketones is 1. The van der Waals surface area contributed by atoms with Crippen LogP contribution in [0.3, 0.4) is 0 Å². The largest absolute Gasteiger partial charge is 0.346 e. The van der Waals surface area contributed by atoms with Gasteiger partial charge < -0.3 is 9.47 Å². The summed E-state index contributed by atoms with van der Waals surface area (Å²) in [5.74, 6) is -0.0584. The Kier molecular flexibility index (Phi) is 7.00. The lowest BCUT2D eigenvalue weighted by Gasteiger charge is -2.14. The molecule has 0 bridgehead atoms. The van der Waals surface area contributed by atoms with Crippen molar-refractivity contribution in [2.75, 3.05) is 13.2 Å². The highest BCUT2D eigenvalue weighted by atomic mass is 16.7. The average Bonchev–Trinajstić information content (AvgIpc) is 2.04. The van der Waals surface area contributed by atoms with Gasteiger partial charge in [0.25, 0.3) is 0 Å². The van der Waals surface area contributed by atoms with Crippen molar-refractivity contribution < 1.29 is 14.3 Å². The predicted molar refractivity (Wildman–Crippen MR) is 47.0 cm³/mol. The van der Waals surface area contributed by atoms with Crippen LogP contribution in [0, 0.1) is 0 Å². The first-order valence-electron chi connectivity index (χ1n) is 4.46. The molecule has 0 heterocycles. The molecule has 3 nitrogen and oxygen atoms in total. The van der Waals surface area contributed by atoms with Gasteiger partial charge in [-0.1, -0.05) is 13.8 Å². The van der Waals surface area contributed by atoms with Crippen LogP contribution < -0.4 is 0 Å². The van der Waals surface area contributed by atoms with Gasteiger partial charge in [-0.2, -0.15) is 0 Å². The fourth-order valence-electron chi connectivity index (χ4n) is 0.733. The molecule has 0 spiro atoms. The van der Waals surface area contributed by atoms with Gasteiger partial charge in [0.15, 0.2) is 5.78 Å². The van der Waals surface area contributed by atoms with Crippen molar-refractivity contribution in [1.82, 2.24) is 0 Å². The van der Waals surface area contributed by atoms with Crippen LogP contribution in [0.15, 0.2) is 0 Å². The third kappa shape index (κ3) is 5.27. The lowest BCUT2D eigenvalue weighted by atomic mass is 10.4. The van der Waals surface area contributed by atoms with E-state index >= 15 is 0 Å². The maximum atomic E-state index is 10.9. The van der Waals surface area contributed by atoms with E-state index in [1.54, 1.807) is 0 Å². The highest BCUT2D eigenvalue weighted by molar-refractivity contribution is 5.79. The van der Waals surface area contributed by atoms with E-state index in [-0.39, 0.29) is 5.78 Å². The molecular formula is C9H18O3. The molecule has 0 amide bonds. The molecule has 0 fully saturated rings. The van der Waals surface area contributed by atoms with Crippen LogP contribution >= 0.6 is 0 Å². The highest BCUT2D eigenvalue weighted by Gasteiger charge is 2.13. The second-order valence-electron chi connectivity index (χ2n) is 2.68. The molecule has 0 atom stereocenters. The zero-order valence-electron chi connectivity index (χ0n) is 8.13. The van der Waals surface area contributed by atoms with Crippen LogP contribution in [-0.2, 0) is 14.3 Å². The Hall–Kier alpha value is -0.410. The molecule has 12 heavy (non-hydrogen) atoms. The minimum atomic E-state index is -0.648. The molecule has 72 valence electrons. The fourth-order valence-corrected chi connectivity index (χ4v) is 0.733. The van der Waals surface area contributed by atoms with Crippen molar-refractivity contribution in [3.8, 4) is 0 Å². The molecule has 0 aromatic carbocycles. The Morgan fingerprint density at radius 3 is 1.83 bits per heavy atom. The van der Waals surface area contributed by atoms with Crippen LogP contribution in [0.2, 0.25) is 0 Å². The van der Waals surface area contributed by atoms with E-state index < -0.39 is 6.29 Å². The van der Waals surface area contributed by atoms with Gasteiger partial charge in [-0.15, -0.1) is 0 Å². The minimum absolute atomic E-state index is 0.0584. The van der Waals surface area contributed by atoms with Crippen LogP contribution in [0.25, 0.3) is 0 Å². The molecule has 0 saturated heterocycles. The molecule has 0 aromatic rings. The molecule has 0 radical (unpaired) electrons. The van der Waals surface area contributed by atoms with E-state index in [2.05, 4.69) is 0 Å². The molecule has 0 rings (SSSR count). The third-order valence-corrected chi connectivity index (χ3v) is 1.28. The van der Waals surface area contributed by atoms with Crippen LogP contribution in [0.1, 0.15) is 33.6 Å².